The minimum Gasteiger partial charge on any atom is -0.381 e. The molecule has 0 radical (unpaired) electrons. The lowest BCUT2D eigenvalue weighted by molar-refractivity contribution is -0.161. The van der Waals surface area contributed by atoms with Crippen molar-refractivity contribution in [2.24, 2.45) is 5.41 Å². The van der Waals surface area contributed by atoms with Crippen LogP contribution in [0.15, 0.2) is 0 Å². The highest BCUT2D eigenvalue weighted by atomic mass is 16.6. The van der Waals surface area contributed by atoms with Crippen molar-refractivity contribution in [3.8, 4) is 12.3 Å². The number of ether oxygens (including phenoxy) is 2. The summed E-state index contributed by atoms with van der Waals surface area (Å²) in [5.74, 6) is 2.61. The largest absolute Gasteiger partial charge is 0.381 e. The van der Waals surface area contributed by atoms with Crippen LogP contribution in [0.25, 0.3) is 0 Å². The third-order valence-electron chi connectivity index (χ3n) is 2.37. The summed E-state index contributed by atoms with van der Waals surface area (Å²) in [6.07, 6.45) is 5.83. The molecule has 1 aliphatic rings. The fourth-order valence-corrected chi connectivity index (χ4v) is 1.42. The molecule has 0 aliphatic carbocycles. The average Bonchev–Trinajstić information content (AvgIpc) is 2.17. The van der Waals surface area contributed by atoms with Crippen LogP contribution in [-0.4, -0.2) is 31.7 Å². The lowest BCUT2D eigenvalue weighted by atomic mass is 9.80. The first-order chi connectivity index (χ1) is 5.75. The molecule has 1 N–H and O–H groups in total. The van der Waals surface area contributed by atoms with Crippen LogP contribution in [0.5, 0.6) is 0 Å². The van der Waals surface area contributed by atoms with E-state index >= 15 is 0 Å². The van der Waals surface area contributed by atoms with Crippen LogP contribution in [-0.2, 0) is 9.47 Å². The average molecular weight is 170 g/mol. The fourth-order valence-electron chi connectivity index (χ4n) is 1.42. The highest BCUT2D eigenvalue weighted by molar-refractivity contribution is 5.08. The molecule has 0 unspecified atom stereocenters. The second-order valence-corrected chi connectivity index (χ2v) is 3.00. The van der Waals surface area contributed by atoms with Gasteiger partial charge in [0.1, 0.15) is 0 Å². The minimum atomic E-state index is -0.869. The summed E-state index contributed by atoms with van der Waals surface area (Å²) in [4.78, 5) is 0. The molecule has 0 bridgehead atoms. The Hall–Kier alpha value is -0.560. The van der Waals surface area contributed by atoms with E-state index in [0.717, 1.165) is 0 Å². The zero-order chi connectivity index (χ0) is 9.03. The van der Waals surface area contributed by atoms with Crippen LogP contribution in [0.4, 0.5) is 0 Å². The Labute approximate surface area is 72.7 Å². The standard InChI is InChI=1S/C9H14O3/c1-3-9(8(10)11-2)4-6-12-7-5-9/h1,8,10H,4-7H2,2H3/t8-/m0/s1. The molecule has 3 nitrogen and oxygen atoms in total. The van der Waals surface area contributed by atoms with Crippen molar-refractivity contribution in [2.45, 2.75) is 19.1 Å². The summed E-state index contributed by atoms with van der Waals surface area (Å²) in [5, 5.41) is 9.51. The van der Waals surface area contributed by atoms with Crippen LogP contribution in [0.3, 0.4) is 0 Å². The molecule has 0 aromatic carbocycles. The van der Waals surface area contributed by atoms with E-state index in [9.17, 15) is 5.11 Å². The molecule has 0 saturated carbocycles. The maximum absolute atomic E-state index is 9.51. The number of rotatable bonds is 2. The highest BCUT2D eigenvalue weighted by Gasteiger charge is 2.38. The molecule has 1 fully saturated rings. The van der Waals surface area contributed by atoms with Gasteiger partial charge in [0.15, 0.2) is 6.29 Å². The predicted octanol–water partition coefficient (Wildman–Crippen LogP) is 0.381. The van der Waals surface area contributed by atoms with E-state index in [2.05, 4.69) is 5.92 Å². The topological polar surface area (TPSA) is 38.7 Å². The van der Waals surface area contributed by atoms with Crippen LogP contribution in [0.1, 0.15) is 12.8 Å². The van der Waals surface area contributed by atoms with Crippen molar-refractivity contribution in [2.75, 3.05) is 20.3 Å². The molecule has 0 aromatic rings. The number of aliphatic hydroxyl groups is 1. The van der Waals surface area contributed by atoms with E-state index in [4.69, 9.17) is 15.9 Å². The maximum atomic E-state index is 9.51. The van der Waals surface area contributed by atoms with Crippen molar-refractivity contribution in [1.82, 2.24) is 0 Å². The third-order valence-corrected chi connectivity index (χ3v) is 2.37. The number of aliphatic hydroxyl groups excluding tert-OH is 1. The molecular weight excluding hydrogens is 156 g/mol. The Morgan fingerprint density at radius 2 is 2.17 bits per heavy atom. The van der Waals surface area contributed by atoms with Crippen molar-refractivity contribution in [3.05, 3.63) is 0 Å². The first-order valence-corrected chi connectivity index (χ1v) is 4.01. The first kappa shape index (κ1) is 9.53. The predicted molar refractivity (Wildman–Crippen MR) is 44.3 cm³/mol. The number of terminal acetylenes is 1. The molecule has 0 aromatic heterocycles. The molecule has 0 amide bonds. The van der Waals surface area contributed by atoms with Crippen molar-refractivity contribution >= 4 is 0 Å². The summed E-state index contributed by atoms with van der Waals surface area (Å²) < 4.78 is 10.0. The number of methoxy groups -OCH3 is 1. The Kier molecular flexibility index (Phi) is 3.10. The normalized spacial score (nSPS) is 24.4. The molecule has 1 atom stereocenters. The quantitative estimate of drug-likeness (QED) is 0.481. The van der Waals surface area contributed by atoms with Crippen molar-refractivity contribution in [3.63, 3.8) is 0 Å². The molecule has 1 rings (SSSR count). The summed E-state index contributed by atoms with van der Waals surface area (Å²) in [6, 6.07) is 0. The van der Waals surface area contributed by atoms with Crippen molar-refractivity contribution < 1.29 is 14.6 Å². The Morgan fingerprint density at radius 1 is 1.58 bits per heavy atom. The monoisotopic (exact) mass is 170 g/mol. The van der Waals surface area contributed by atoms with Gasteiger partial charge >= 0.3 is 0 Å². The summed E-state index contributed by atoms with van der Waals surface area (Å²) >= 11 is 0. The molecular formula is C9H14O3. The van der Waals surface area contributed by atoms with Gasteiger partial charge in [-0.05, 0) is 12.8 Å². The van der Waals surface area contributed by atoms with Crippen LogP contribution in [0.2, 0.25) is 0 Å². The molecule has 0 spiro atoms. The summed E-state index contributed by atoms with van der Waals surface area (Å²) in [7, 11) is 1.46. The van der Waals surface area contributed by atoms with Gasteiger partial charge in [-0.25, -0.2) is 0 Å². The van der Waals surface area contributed by atoms with Gasteiger partial charge < -0.3 is 14.6 Å². The Balaban J connectivity index is 2.67. The zero-order valence-corrected chi connectivity index (χ0v) is 7.25. The van der Waals surface area contributed by atoms with Crippen molar-refractivity contribution in [1.29, 1.82) is 0 Å². The van der Waals surface area contributed by atoms with Gasteiger partial charge in [-0.3, -0.25) is 0 Å². The Morgan fingerprint density at radius 3 is 2.58 bits per heavy atom. The smallest absolute Gasteiger partial charge is 0.170 e. The highest BCUT2D eigenvalue weighted by Crippen LogP contribution is 2.33. The molecule has 3 heteroatoms. The first-order valence-electron chi connectivity index (χ1n) is 4.01. The van der Waals surface area contributed by atoms with E-state index in [1.54, 1.807) is 0 Å². The second-order valence-electron chi connectivity index (χ2n) is 3.00. The minimum absolute atomic E-state index is 0.535. The van der Waals surface area contributed by atoms with E-state index in [-0.39, 0.29) is 0 Å². The SMILES string of the molecule is C#CC1([C@@H](O)OC)CCOCC1. The molecule has 68 valence electrons. The van der Waals surface area contributed by atoms with Crippen LogP contribution >= 0.6 is 0 Å². The van der Waals surface area contributed by atoms with E-state index in [1.807, 2.05) is 0 Å². The lowest BCUT2D eigenvalue weighted by Crippen LogP contribution is -2.40. The van der Waals surface area contributed by atoms with Gasteiger partial charge in [-0.15, -0.1) is 6.42 Å². The van der Waals surface area contributed by atoms with Gasteiger partial charge in [0.2, 0.25) is 0 Å². The summed E-state index contributed by atoms with van der Waals surface area (Å²) in [6.45, 7) is 1.20. The molecule has 1 heterocycles. The third kappa shape index (κ3) is 1.61. The van der Waals surface area contributed by atoms with Gasteiger partial charge in [-0.2, -0.15) is 0 Å². The van der Waals surface area contributed by atoms with Gasteiger partial charge in [0.05, 0.1) is 5.41 Å². The fraction of sp³-hybridized carbons (Fsp3) is 0.778. The van der Waals surface area contributed by atoms with Gasteiger partial charge in [-0.1, -0.05) is 5.92 Å². The van der Waals surface area contributed by atoms with Crippen LogP contribution < -0.4 is 0 Å². The summed E-state index contributed by atoms with van der Waals surface area (Å²) in [5.41, 5.74) is -0.535. The zero-order valence-electron chi connectivity index (χ0n) is 7.25. The Bertz CT molecular complexity index is 177. The number of hydrogen-bond acceptors (Lipinski definition) is 3. The second kappa shape index (κ2) is 3.90. The van der Waals surface area contributed by atoms with Crippen LogP contribution in [0, 0.1) is 17.8 Å². The number of hydrogen-bond donors (Lipinski definition) is 1. The van der Waals surface area contributed by atoms with E-state index in [1.165, 1.54) is 7.11 Å². The van der Waals surface area contributed by atoms with E-state index < -0.39 is 11.7 Å². The maximum Gasteiger partial charge on any atom is 0.170 e. The van der Waals surface area contributed by atoms with Gasteiger partial charge in [0.25, 0.3) is 0 Å². The molecule has 1 aliphatic heterocycles. The van der Waals surface area contributed by atoms with E-state index in [0.29, 0.717) is 26.1 Å². The molecule has 1 saturated heterocycles. The molecule has 12 heavy (non-hydrogen) atoms. The van der Waals surface area contributed by atoms with Gasteiger partial charge in [0, 0.05) is 20.3 Å². The lowest BCUT2D eigenvalue weighted by Gasteiger charge is -2.35.